The first-order chi connectivity index (χ1) is 6.24. The first kappa shape index (κ1) is 11.7. The summed E-state index contributed by atoms with van der Waals surface area (Å²) in [6, 6.07) is 4.24. The number of hydrogen-bond acceptors (Lipinski definition) is 4. The number of aromatic hydroxyl groups is 2. The van der Waals surface area contributed by atoms with Crippen molar-refractivity contribution in [3.8, 4) is 16.9 Å². The third-order valence-electron chi connectivity index (χ3n) is 1.11. The first-order valence-electron chi connectivity index (χ1n) is 3.82. The monoisotopic (exact) mass is 197 g/mol. The molecular formula is C9H11NO2S. The second-order valence-corrected chi connectivity index (χ2v) is 2.70. The molecule has 0 fully saturated rings. The van der Waals surface area contributed by atoms with E-state index >= 15 is 0 Å². The van der Waals surface area contributed by atoms with Gasteiger partial charge in [0.15, 0.2) is 11.5 Å². The number of phenols is 2. The van der Waals surface area contributed by atoms with Crippen LogP contribution in [-0.2, 0) is 0 Å². The Balaban J connectivity index is 0.000000671. The Morgan fingerprint density at radius 1 is 1.23 bits per heavy atom. The van der Waals surface area contributed by atoms with Gasteiger partial charge in [0.2, 0.25) is 0 Å². The lowest BCUT2D eigenvalue weighted by molar-refractivity contribution is 0.402. The molecular weight excluding hydrogens is 186 g/mol. The normalized spacial score (nSPS) is 8.08. The van der Waals surface area contributed by atoms with Crippen LogP contribution in [0.4, 0.5) is 0 Å². The van der Waals surface area contributed by atoms with Crippen LogP contribution in [0.15, 0.2) is 23.1 Å². The molecule has 0 bridgehead atoms. The molecule has 0 aromatic heterocycles. The van der Waals surface area contributed by atoms with Crippen molar-refractivity contribution in [1.82, 2.24) is 0 Å². The highest BCUT2D eigenvalue weighted by Crippen LogP contribution is 2.29. The van der Waals surface area contributed by atoms with E-state index in [1.54, 1.807) is 6.07 Å². The number of phenolic OH excluding ortho intramolecular Hbond substituents is 2. The predicted octanol–water partition coefficient (Wildman–Crippen LogP) is 2.70. The summed E-state index contributed by atoms with van der Waals surface area (Å²) < 4.78 is 0. The van der Waals surface area contributed by atoms with E-state index in [2.05, 4.69) is 0 Å². The second kappa shape index (κ2) is 6.21. The largest absolute Gasteiger partial charge is 0.504 e. The van der Waals surface area contributed by atoms with Gasteiger partial charge in [0, 0.05) is 4.90 Å². The summed E-state index contributed by atoms with van der Waals surface area (Å²) in [6.07, 6.45) is 0. The fourth-order valence-corrected chi connectivity index (χ4v) is 1.03. The molecule has 2 N–H and O–H groups in total. The van der Waals surface area contributed by atoms with Gasteiger partial charge in [0.25, 0.3) is 0 Å². The highest BCUT2D eigenvalue weighted by atomic mass is 32.2. The first-order valence-corrected chi connectivity index (χ1v) is 4.63. The fourth-order valence-electron chi connectivity index (χ4n) is 0.619. The van der Waals surface area contributed by atoms with Crippen LogP contribution in [0, 0.1) is 10.7 Å². The number of rotatable bonds is 1. The van der Waals surface area contributed by atoms with Crippen LogP contribution < -0.4 is 0 Å². The Morgan fingerprint density at radius 3 is 2.31 bits per heavy atom. The van der Waals surface area contributed by atoms with Gasteiger partial charge < -0.3 is 10.2 Å². The quantitative estimate of drug-likeness (QED) is 0.412. The third kappa shape index (κ3) is 3.72. The van der Waals surface area contributed by atoms with E-state index in [-0.39, 0.29) is 11.5 Å². The van der Waals surface area contributed by atoms with E-state index in [0.29, 0.717) is 4.90 Å². The smallest absolute Gasteiger partial charge is 0.158 e. The van der Waals surface area contributed by atoms with Crippen LogP contribution in [0.1, 0.15) is 13.8 Å². The van der Waals surface area contributed by atoms with Gasteiger partial charge in [-0.05, 0) is 30.0 Å². The molecule has 0 amide bonds. The standard InChI is InChI=1S/C7H5NO2S.C2H6/c8-4-11-5-1-2-6(9)7(10)3-5;1-2/h1-3,9-10H;1-2H3. The highest BCUT2D eigenvalue weighted by molar-refractivity contribution is 8.03. The van der Waals surface area contributed by atoms with E-state index in [0.717, 1.165) is 11.8 Å². The number of nitriles is 1. The average Bonchev–Trinajstić information content (AvgIpc) is 2.15. The lowest BCUT2D eigenvalue weighted by atomic mass is 10.3. The molecule has 0 spiro atoms. The fraction of sp³-hybridized carbons (Fsp3) is 0.222. The van der Waals surface area contributed by atoms with E-state index in [1.807, 2.05) is 19.2 Å². The van der Waals surface area contributed by atoms with Crippen molar-refractivity contribution >= 4 is 11.8 Å². The Hall–Kier alpha value is -1.34. The molecule has 0 heterocycles. The van der Waals surface area contributed by atoms with Crippen LogP contribution in [0.5, 0.6) is 11.5 Å². The molecule has 0 aliphatic rings. The summed E-state index contributed by atoms with van der Waals surface area (Å²) in [5.41, 5.74) is 0. The van der Waals surface area contributed by atoms with Crippen LogP contribution in [0.2, 0.25) is 0 Å². The van der Waals surface area contributed by atoms with Gasteiger partial charge in [0.05, 0.1) is 0 Å². The van der Waals surface area contributed by atoms with Crippen molar-refractivity contribution in [3.05, 3.63) is 18.2 Å². The lowest BCUT2D eigenvalue weighted by Gasteiger charge is -1.97. The summed E-state index contributed by atoms with van der Waals surface area (Å²) in [4.78, 5) is 0.614. The number of hydrogen-bond donors (Lipinski definition) is 2. The van der Waals surface area contributed by atoms with E-state index < -0.39 is 0 Å². The molecule has 0 saturated heterocycles. The Morgan fingerprint density at radius 2 is 1.85 bits per heavy atom. The Kier molecular flexibility index (Phi) is 5.57. The van der Waals surface area contributed by atoms with Gasteiger partial charge in [0.1, 0.15) is 5.40 Å². The molecule has 1 rings (SSSR count). The van der Waals surface area contributed by atoms with Crippen LogP contribution in [0.25, 0.3) is 0 Å². The van der Waals surface area contributed by atoms with Crippen molar-refractivity contribution in [2.24, 2.45) is 0 Å². The van der Waals surface area contributed by atoms with E-state index in [9.17, 15) is 0 Å². The molecule has 0 atom stereocenters. The topological polar surface area (TPSA) is 64.2 Å². The maximum absolute atomic E-state index is 8.95. The van der Waals surface area contributed by atoms with Crippen molar-refractivity contribution in [3.63, 3.8) is 0 Å². The Labute approximate surface area is 81.6 Å². The molecule has 0 saturated carbocycles. The summed E-state index contributed by atoms with van der Waals surface area (Å²) in [5.74, 6) is -0.377. The minimum atomic E-state index is -0.203. The molecule has 0 aliphatic heterocycles. The van der Waals surface area contributed by atoms with Gasteiger partial charge in [-0.3, -0.25) is 0 Å². The van der Waals surface area contributed by atoms with Gasteiger partial charge in [-0.2, -0.15) is 5.26 Å². The summed E-state index contributed by atoms with van der Waals surface area (Å²) in [5, 5.41) is 27.9. The van der Waals surface area contributed by atoms with Gasteiger partial charge in [-0.15, -0.1) is 0 Å². The minimum absolute atomic E-state index is 0.174. The van der Waals surface area contributed by atoms with Gasteiger partial charge in [-0.1, -0.05) is 13.8 Å². The molecule has 4 heteroatoms. The molecule has 0 aliphatic carbocycles. The number of benzene rings is 1. The van der Waals surface area contributed by atoms with Crippen LogP contribution in [0.3, 0.4) is 0 Å². The average molecular weight is 197 g/mol. The van der Waals surface area contributed by atoms with Crippen molar-refractivity contribution in [1.29, 1.82) is 5.26 Å². The molecule has 3 nitrogen and oxygen atoms in total. The maximum Gasteiger partial charge on any atom is 0.158 e. The van der Waals surface area contributed by atoms with Gasteiger partial charge in [-0.25, -0.2) is 0 Å². The molecule has 1 aromatic rings. The van der Waals surface area contributed by atoms with E-state index in [1.165, 1.54) is 12.1 Å². The van der Waals surface area contributed by atoms with E-state index in [4.69, 9.17) is 15.5 Å². The number of thioether (sulfide) groups is 1. The summed E-state index contributed by atoms with van der Waals surface area (Å²) >= 11 is 0.933. The SMILES string of the molecule is CC.N#CSc1ccc(O)c(O)c1. The molecule has 70 valence electrons. The van der Waals surface area contributed by atoms with Crippen molar-refractivity contribution in [2.75, 3.05) is 0 Å². The number of nitrogens with zero attached hydrogens (tertiary/aromatic N) is 1. The maximum atomic E-state index is 8.95. The van der Waals surface area contributed by atoms with Crippen LogP contribution in [-0.4, -0.2) is 10.2 Å². The Bertz CT molecular complexity index is 307. The van der Waals surface area contributed by atoms with Crippen molar-refractivity contribution in [2.45, 2.75) is 18.7 Å². The van der Waals surface area contributed by atoms with Crippen LogP contribution >= 0.6 is 11.8 Å². The zero-order chi connectivity index (χ0) is 10.3. The second-order valence-electron chi connectivity index (χ2n) is 1.84. The predicted molar refractivity (Wildman–Crippen MR) is 52.6 cm³/mol. The van der Waals surface area contributed by atoms with Crippen molar-refractivity contribution < 1.29 is 10.2 Å². The zero-order valence-electron chi connectivity index (χ0n) is 7.48. The lowest BCUT2D eigenvalue weighted by Crippen LogP contribution is -1.70. The molecule has 0 unspecified atom stereocenters. The molecule has 0 radical (unpaired) electrons. The zero-order valence-corrected chi connectivity index (χ0v) is 8.30. The molecule has 13 heavy (non-hydrogen) atoms. The highest BCUT2D eigenvalue weighted by Gasteiger charge is 1.99. The van der Waals surface area contributed by atoms with Gasteiger partial charge >= 0.3 is 0 Å². The molecule has 1 aromatic carbocycles. The third-order valence-corrected chi connectivity index (χ3v) is 1.69. The number of thiocyanates is 1. The minimum Gasteiger partial charge on any atom is -0.504 e. The summed E-state index contributed by atoms with van der Waals surface area (Å²) in [6.45, 7) is 4.00. The summed E-state index contributed by atoms with van der Waals surface area (Å²) in [7, 11) is 0.